The Bertz CT molecular complexity index is 521. The molecule has 0 aromatic heterocycles. The first-order valence-electron chi connectivity index (χ1n) is 7.46. The normalized spacial score (nSPS) is 20.4. The Balaban J connectivity index is 1.91. The molecule has 2 rings (SSSR count). The molecular weight excluding hydrogens is 266 g/mol. The van der Waals surface area contributed by atoms with Crippen molar-refractivity contribution in [3.8, 4) is 0 Å². The van der Waals surface area contributed by atoms with Gasteiger partial charge in [-0.25, -0.2) is 0 Å². The second-order valence-corrected chi connectivity index (χ2v) is 6.17. The molecule has 0 spiro atoms. The van der Waals surface area contributed by atoms with E-state index in [1.165, 1.54) is 11.1 Å². The van der Waals surface area contributed by atoms with Gasteiger partial charge in [0.1, 0.15) is 0 Å². The lowest BCUT2D eigenvalue weighted by molar-refractivity contribution is -0.138. The number of rotatable bonds is 6. The molecule has 114 valence electrons. The van der Waals surface area contributed by atoms with Crippen molar-refractivity contribution in [2.75, 3.05) is 13.6 Å². The molecule has 1 saturated carbocycles. The van der Waals surface area contributed by atoms with Crippen LogP contribution in [-0.2, 0) is 9.59 Å². The van der Waals surface area contributed by atoms with E-state index in [9.17, 15) is 9.59 Å². The van der Waals surface area contributed by atoms with Gasteiger partial charge in [0.05, 0.1) is 6.42 Å². The van der Waals surface area contributed by atoms with Gasteiger partial charge in [0, 0.05) is 19.5 Å². The third kappa shape index (κ3) is 3.84. The first-order valence-corrected chi connectivity index (χ1v) is 7.46. The SMILES string of the molecule is CC(C)c1ccc(C2CC2C(=O)N(C)CCC(=O)O)cc1. The average molecular weight is 289 g/mol. The molecule has 0 aliphatic heterocycles. The lowest BCUT2D eigenvalue weighted by atomic mass is 10.00. The molecule has 1 aliphatic carbocycles. The van der Waals surface area contributed by atoms with Crippen LogP contribution in [-0.4, -0.2) is 35.5 Å². The Hall–Kier alpha value is -1.84. The van der Waals surface area contributed by atoms with Crippen LogP contribution in [0.15, 0.2) is 24.3 Å². The van der Waals surface area contributed by atoms with E-state index < -0.39 is 5.97 Å². The maximum absolute atomic E-state index is 12.2. The summed E-state index contributed by atoms with van der Waals surface area (Å²) in [6.07, 6.45) is 0.875. The van der Waals surface area contributed by atoms with Crippen molar-refractivity contribution in [2.45, 2.75) is 38.5 Å². The molecular formula is C17H23NO3. The molecule has 1 amide bonds. The van der Waals surface area contributed by atoms with Crippen molar-refractivity contribution < 1.29 is 14.7 Å². The first-order chi connectivity index (χ1) is 9.90. The number of carbonyl (C=O) groups is 2. The molecule has 1 aliphatic rings. The summed E-state index contributed by atoms with van der Waals surface area (Å²) in [5, 5.41) is 8.66. The van der Waals surface area contributed by atoms with E-state index in [-0.39, 0.29) is 24.8 Å². The second-order valence-electron chi connectivity index (χ2n) is 6.17. The second kappa shape index (κ2) is 6.29. The molecule has 1 aromatic carbocycles. The highest BCUT2D eigenvalue weighted by Crippen LogP contribution is 2.48. The van der Waals surface area contributed by atoms with Gasteiger partial charge in [0.25, 0.3) is 0 Å². The molecule has 0 radical (unpaired) electrons. The van der Waals surface area contributed by atoms with Gasteiger partial charge in [0.2, 0.25) is 5.91 Å². The van der Waals surface area contributed by atoms with E-state index in [0.29, 0.717) is 11.8 Å². The minimum atomic E-state index is -0.869. The van der Waals surface area contributed by atoms with E-state index in [1.807, 2.05) is 0 Å². The van der Waals surface area contributed by atoms with Crippen LogP contribution in [0.25, 0.3) is 0 Å². The molecule has 0 saturated heterocycles. The zero-order valence-corrected chi connectivity index (χ0v) is 12.9. The van der Waals surface area contributed by atoms with Crippen LogP contribution in [0.4, 0.5) is 0 Å². The number of aliphatic carboxylic acids is 1. The Morgan fingerprint density at radius 2 is 1.90 bits per heavy atom. The molecule has 2 unspecified atom stereocenters. The van der Waals surface area contributed by atoms with Crippen molar-refractivity contribution in [1.29, 1.82) is 0 Å². The van der Waals surface area contributed by atoms with Crippen molar-refractivity contribution in [3.05, 3.63) is 35.4 Å². The molecule has 2 atom stereocenters. The van der Waals surface area contributed by atoms with Crippen LogP contribution in [0, 0.1) is 5.92 Å². The van der Waals surface area contributed by atoms with Crippen molar-refractivity contribution in [3.63, 3.8) is 0 Å². The summed E-state index contributed by atoms with van der Waals surface area (Å²) < 4.78 is 0. The Morgan fingerprint density at radius 3 is 2.43 bits per heavy atom. The average Bonchev–Trinajstić information content (AvgIpc) is 3.24. The van der Waals surface area contributed by atoms with Gasteiger partial charge in [-0.2, -0.15) is 0 Å². The molecule has 1 fully saturated rings. The van der Waals surface area contributed by atoms with E-state index in [1.54, 1.807) is 11.9 Å². The van der Waals surface area contributed by atoms with Crippen LogP contribution >= 0.6 is 0 Å². The first kappa shape index (κ1) is 15.5. The predicted molar refractivity (Wildman–Crippen MR) is 81.3 cm³/mol. The lowest BCUT2D eigenvalue weighted by Gasteiger charge is -2.16. The summed E-state index contributed by atoms with van der Waals surface area (Å²) in [7, 11) is 1.68. The third-order valence-corrected chi connectivity index (χ3v) is 4.18. The molecule has 4 nitrogen and oxygen atoms in total. The minimum Gasteiger partial charge on any atom is -0.481 e. The largest absolute Gasteiger partial charge is 0.481 e. The highest BCUT2D eigenvalue weighted by molar-refractivity contribution is 5.83. The van der Waals surface area contributed by atoms with Crippen molar-refractivity contribution in [2.24, 2.45) is 5.92 Å². The number of amides is 1. The monoisotopic (exact) mass is 289 g/mol. The van der Waals surface area contributed by atoms with Crippen LogP contribution in [0.3, 0.4) is 0 Å². The Morgan fingerprint density at radius 1 is 1.29 bits per heavy atom. The van der Waals surface area contributed by atoms with E-state index in [4.69, 9.17) is 5.11 Å². The molecule has 0 bridgehead atoms. The quantitative estimate of drug-likeness (QED) is 0.876. The van der Waals surface area contributed by atoms with Gasteiger partial charge in [-0.15, -0.1) is 0 Å². The smallest absolute Gasteiger partial charge is 0.305 e. The maximum Gasteiger partial charge on any atom is 0.305 e. The van der Waals surface area contributed by atoms with Gasteiger partial charge < -0.3 is 10.0 Å². The van der Waals surface area contributed by atoms with Crippen molar-refractivity contribution >= 4 is 11.9 Å². The predicted octanol–water partition coefficient (Wildman–Crippen LogP) is 2.85. The van der Waals surface area contributed by atoms with E-state index >= 15 is 0 Å². The van der Waals surface area contributed by atoms with Gasteiger partial charge in [0.15, 0.2) is 0 Å². The van der Waals surface area contributed by atoms with E-state index in [0.717, 1.165) is 6.42 Å². The highest BCUT2D eigenvalue weighted by Gasteiger charge is 2.45. The molecule has 1 N–H and O–H groups in total. The van der Waals surface area contributed by atoms with Gasteiger partial charge in [-0.3, -0.25) is 9.59 Å². The number of benzene rings is 1. The maximum atomic E-state index is 12.2. The number of carboxylic acids is 1. The lowest BCUT2D eigenvalue weighted by Crippen LogP contribution is -2.30. The van der Waals surface area contributed by atoms with Gasteiger partial charge in [-0.05, 0) is 29.4 Å². The third-order valence-electron chi connectivity index (χ3n) is 4.18. The molecule has 1 aromatic rings. The Kier molecular flexibility index (Phi) is 4.66. The number of hydrogen-bond acceptors (Lipinski definition) is 2. The summed E-state index contributed by atoms with van der Waals surface area (Å²) in [4.78, 5) is 24.3. The topological polar surface area (TPSA) is 57.6 Å². The summed E-state index contributed by atoms with van der Waals surface area (Å²) in [6, 6.07) is 8.50. The van der Waals surface area contributed by atoms with Crippen LogP contribution < -0.4 is 0 Å². The summed E-state index contributed by atoms with van der Waals surface area (Å²) >= 11 is 0. The fourth-order valence-corrected chi connectivity index (χ4v) is 2.62. The molecule has 0 heterocycles. The van der Waals surface area contributed by atoms with Crippen molar-refractivity contribution in [1.82, 2.24) is 4.90 Å². The van der Waals surface area contributed by atoms with Crippen LogP contribution in [0.1, 0.15) is 49.7 Å². The van der Waals surface area contributed by atoms with Gasteiger partial charge in [-0.1, -0.05) is 38.1 Å². The zero-order valence-electron chi connectivity index (χ0n) is 12.9. The Labute approximate surface area is 125 Å². The molecule has 21 heavy (non-hydrogen) atoms. The van der Waals surface area contributed by atoms with E-state index in [2.05, 4.69) is 38.1 Å². The summed E-state index contributed by atoms with van der Waals surface area (Å²) in [6.45, 7) is 4.61. The van der Waals surface area contributed by atoms with Gasteiger partial charge >= 0.3 is 5.97 Å². The number of carbonyl (C=O) groups excluding carboxylic acids is 1. The standard InChI is InChI=1S/C17H23NO3/c1-11(2)12-4-6-13(7-5-12)14-10-15(14)17(21)18(3)9-8-16(19)20/h4-7,11,14-15H,8-10H2,1-3H3,(H,19,20). The van der Waals surface area contributed by atoms with Crippen LogP contribution in [0.5, 0.6) is 0 Å². The summed E-state index contributed by atoms with van der Waals surface area (Å²) in [5.41, 5.74) is 2.52. The fraction of sp³-hybridized carbons (Fsp3) is 0.529. The van der Waals surface area contributed by atoms with Crippen LogP contribution in [0.2, 0.25) is 0 Å². The number of nitrogens with zero attached hydrogens (tertiary/aromatic N) is 1. The summed E-state index contributed by atoms with van der Waals surface area (Å²) in [5.74, 6) is 0.0259. The number of hydrogen-bond donors (Lipinski definition) is 1. The highest BCUT2D eigenvalue weighted by atomic mass is 16.4. The molecule has 4 heteroatoms. The fourth-order valence-electron chi connectivity index (χ4n) is 2.62. The number of carboxylic acid groups (broad SMARTS) is 1. The minimum absolute atomic E-state index is 0.00269. The zero-order chi connectivity index (χ0) is 15.6.